The molecule has 0 saturated heterocycles. The van der Waals surface area contributed by atoms with Crippen molar-refractivity contribution in [2.75, 3.05) is 5.73 Å². The van der Waals surface area contributed by atoms with Gasteiger partial charge in [0.05, 0.1) is 11.7 Å². The van der Waals surface area contributed by atoms with E-state index in [1.54, 1.807) is 6.07 Å². The van der Waals surface area contributed by atoms with E-state index in [4.69, 9.17) is 15.7 Å². The van der Waals surface area contributed by atoms with Gasteiger partial charge in [0.15, 0.2) is 0 Å². The number of ether oxygens (including phenoxy) is 1. The van der Waals surface area contributed by atoms with Crippen LogP contribution >= 0.6 is 0 Å². The molecule has 0 aliphatic carbocycles. The highest BCUT2D eigenvalue weighted by molar-refractivity contribution is 5.67. The largest absolute Gasteiger partial charge is 0.491 e. The standard InChI is InChI=1S/C14H15N3O/c1-9(2)18-12-5-3-10(4-6-12)13-7-11(8-15)14(16)17-13/h3-7,9,17H,16H2,1-2H3. The summed E-state index contributed by atoms with van der Waals surface area (Å²) in [7, 11) is 0. The smallest absolute Gasteiger partial charge is 0.119 e. The van der Waals surface area contributed by atoms with Gasteiger partial charge in [-0.25, -0.2) is 0 Å². The van der Waals surface area contributed by atoms with Gasteiger partial charge in [0.25, 0.3) is 0 Å². The summed E-state index contributed by atoms with van der Waals surface area (Å²) in [5.41, 5.74) is 7.95. The third-order valence-electron chi connectivity index (χ3n) is 2.51. The highest BCUT2D eigenvalue weighted by Gasteiger charge is 2.06. The Morgan fingerprint density at radius 1 is 1.28 bits per heavy atom. The lowest BCUT2D eigenvalue weighted by atomic mass is 10.1. The summed E-state index contributed by atoms with van der Waals surface area (Å²) in [6, 6.07) is 11.5. The molecule has 0 aliphatic rings. The minimum absolute atomic E-state index is 0.155. The monoisotopic (exact) mass is 241 g/mol. The van der Waals surface area contributed by atoms with Crippen molar-refractivity contribution < 1.29 is 4.74 Å². The van der Waals surface area contributed by atoms with Crippen LogP contribution in [-0.4, -0.2) is 11.1 Å². The number of rotatable bonds is 3. The molecule has 1 heterocycles. The Morgan fingerprint density at radius 3 is 2.44 bits per heavy atom. The van der Waals surface area contributed by atoms with Gasteiger partial charge in [-0.2, -0.15) is 5.26 Å². The van der Waals surface area contributed by atoms with E-state index >= 15 is 0 Å². The van der Waals surface area contributed by atoms with E-state index in [0.717, 1.165) is 17.0 Å². The second kappa shape index (κ2) is 4.84. The second-order valence-electron chi connectivity index (χ2n) is 4.31. The molecule has 0 fully saturated rings. The van der Waals surface area contributed by atoms with Crippen molar-refractivity contribution in [1.29, 1.82) is 5.26 Å². The Morgan fingerprint density at radius 2 is 1.94 bits per heavy atom. The summed E-state index contributed by atoms with van der Waals surface area (Å²) < 4.78 is 5.57. The van der Waals surface area contributed by atoms with Crippen molar-refractivity contribution in [3.8, 4) is 23.1 Å². The summed E-state index contributed by atoms with van der Waals surface area (Å²) in [5, 5.41) is 8.85. The van der Waals surface area contributed by atoms with Gasteiger partial charge in [-0.15, -0.1) is 0 Å². The van der Waals surface area contributed by atoms with E-state index < -0.39 is 0 Å². The molecule has 0 amide bonds. The van der Waals surface area contributed by atoms with Crippen LogP contribution in [-0.2, 0) is 0 Å². The Labute approximate surface area is 106 Å². The maximum atomic E-state index is 8.85. The number of nitrogens with one attached hydrogen (secondary N) is 1. The summed E-state index contributed by atoms with van der Waals surface area (Å²) in [5.74, 6) is 1.23. The average molecular weight is 241 g/mol. The fourth-order valence-corrected chi connectivity index (χ4v) is 1.70. The van der Waals surface area contributed by atoms with Crippen LogP contribution in [0.25, 0.3) is 11.3 Å². The molecular formula is C14H15N3O. The molecule has 3 N–H and O–H groups in total. The predicted molar refractivity (Wildman–Crippen MR) is 71.1 cm³/mol. The maximum Gasteiger partial charge on any atom is 0.119 e. The molecule has 0 bridgehead atoms. The van der Waals surface area contributed by atoms with Crippen molar-refractivity contribution in [1.82, 2.24) is 4.98 Å². The number of H-pyrrole nitrogens is 1. The summed E-state index contributed by atoms with van der Waals surface area (Å²) >= 11 is 0. The van der Waals surface area contributed by atoms with Crippen LogP contribution < -0.4 is 10.5 Å². The Hall–Kier alpha value is -2.41. The molecule has 18 heavy (non-hydrogen) atoms. The van der Waals surface area contributed by atoms with Crippen LogP contribution in [0.1, 0.15) is 19.4 Å². The molecule has 4 heteroatoms. The van der Waals surface area contributed by atoms with Gasteiger partial charge >= 0.3 is 0 Å². The Bertz CT molecular complexity index is 576. The van der Waals surface area contributed by atoms with Gasteiger partial charge in [-0.3, -0.25) is 0 Å². The minimum Gasteiger partial charge on any atom is -0.491 e. The number of nitrogens with zero attached hydrogens (tertiary/aromatic N) is 1. The maximum absolute atomic E-state index is 8.85. The number of hydrogen-bond acceptors (Lipinski definition) is 3. The van der Waals surface area contributed by atoms with E-state index in [1.165, 1.54) is 0 Å². The van der Waals surface area contributed by atoms with Crippen LogP contribution in [0, 0.1) is 11.3 Å². The molecule has 4 nitrogen and oxygen atoms in total. The van der Waals surface area contributed by atoms with E-state index in [9.17, 15) is 0 Å². The van der Waals surface area contributed by atoms with Gasteiger partial charge in [-0.1, -0.05) is 0 Å². The number of anilines is 1. The fraction of sp³-hybridized carbons (Fsp3) is 0.214. The molecule has 2 aromatic rings. The zero-order chi connectivity index (χ0) is 13.1. The normalized spacial score (nSPS) is 10.3. The number of nitrogen functional groups attached to an aromatic ring is 1. The molecule has 2 rings (SSSR count). The van der Waals surface area contributed by atoms with Gasteiger partial charge in [0.1, 0.15) is 17.6 Å². The third kappa shape index (κ3) is 2.46. The number of hydrogen-bond donors (Lipinski definition) is 2. The molecule has 0 unspecified atom stereocenters. The number of nitriles is 1. The Balaban J connectivity index is 2.26. The van der Waals surface area contributed by atoms with Crippen molar-refractivity contribution in [2.45, 2.75) is 20.0 Å². The van der Waals surface area contributed by atoms with Crippen LogP contribution in [0.5, 0.6) is 5.75 Å². The molecule has 0 aliphatic heterocycles. The van der Waals surface area contributed by atoms with E-state index in [1.807, 2.05) is 44.2 Å². The predicted octanol–water partition coefficient (Wildman–Crippen LogP) is 2.92. The molecule has 92 valence electrons. The molecule has 0 spiro atoms. The van der Waals surface area contributed by atoms with E-state index in [-0.39, 0.29) is 6.10 Å². The number of aromatic amines is 1. The lowest BCUT2D eigenvalue weighted by molar-refractivity contribution is 0.242. The first-order valence-corrected chi connectivity index (χ1v) is 5.76. The summed E-state index contributed by atoms with van der Waals surface area (Å²) in [6.07, 6.45) is 0.155. The fourth-order valence-electron chi connectivity index (χ4n) is 1.70. The van der Waals surface area contributed by atoms with Gasteiger partial charge in [0, 0.05) is 5.69 Å². The zero-order valence-corrected chi connectivity index (χ0v) is 10.4. The molecule has 1 aromatic heterocycles. The lowest BCUT2D eigenvalue weighted by Crippen LogP contribution is -2.05. The quantitative estimate of drug-likeness (QED) is 0.867. The van der Waals surface area contributed by atoms with Crippen molar-refractivity contribution in [3.05, 3.63) is 35.9 Å². The average Bonchev–Trinajstić information content (AvgIpc) is 2.71. The lowest BCUT2D eigenvalue weighted by Gasteiger charge is -2.09. The SMILES string of the molecule is CC(C)Oc1ccc(-c2cc(C#N)c(N)[nH]2)cc1. The highest BCUT2D eigenvalue weighted by Crippen LogP contribution is 2.25. The summed E-state index contributed by atoms with van der Waals surface area (Å²) in [4.78, 5) is 2.99. The molecule has 0 atom stereocenters. The Kier molecular flexibility index (Phi) is 3.24. The topological polar surface area (TPSA) is 74.8 Å². The van der Waals surface area contributed by atoms with Crippen molar-refractivity contribution in [3.63, 3.8) is 0 Å². The van der Waals surface area contributed by atoms with Crippen molar-refractivity contribution in [2.24, 2.45) is 0 Å². The number of benzene rings is 1. The molecule has 1 aromatic carbocycles. The first kappa shape index (κ1) is 12.1. The molecule has 0 saturated carbocycles. The molecule has 0 radical (unpaired) electrons. The van der Waals surface area contributed by atoms with E-state index in [0.29, 0.717) is 11.4 Å². The molecular weight excluding hydrogens is 226 g/mol. The first-order valence-electron chi connectivity index (χ1n) is 5.76. The van der Waals surface area contributed by atoms with Crippen LogP contribution in [0.2, 0.25) is 0 Å². The van der Waals surface area contributed by atoms with Gasteiger partial charge in [0.2, 0.25) is 0 Å². The number of aromatic nitrogens is 1. The van der Waals surface area contributed by atoms with Crippen LogP contribution in [0.4, 0.5) is 5.82 Å². The minimum atomic E-state index is 0.155. The first-order chi connectivity index (χ1) is 8.60. The van der Waals surface area contributed by atoms with Gasteiger partial charge in [-0.05, 0) is 49.7 Å². The number of nitrogens with two attached hydrogens (primary N) is 1. The van der Waals surface area contributed by atoms with Crippen LogP contribution in [0.3, 0.4) is 0 Å². The van der Waals surface area contributed by atoms with Gasteiger partial charge < -0.3 is 15.5 Å². The van der Waals surface area contributed by atoms with E-state index in [2.05, 4.69) is 4.98 Å². The highest BCUT2D eigenvalue weighted by atomic mass is 16.5. The summed E-state index contributed by atoms with van der Waals surface area (Å²) in [6.45, 7) is 3.97. The third-order valence-corrected chi connectivity index (χ3v) is 2.51. The zero-order valence-electron chi connectivity index (χ0n) is 10.4. The second-order valence-corrected chi connectivity index (χ2v) is 4.31. The van der Waals surface area contributed by atoms with Crippen molar-refractivity contribution >= 4 is 5.82 Å². The van der Waals surface area contributed by atoms with Crippen LogP contribution in [0.15, 0.2) is 30.3 Å².